The molecule has 1 aliphatic heterocycles. The average Bonchev–Trinajstić information content (AvgIpc) is 3.14. The third-order valence-corrected chi connectivity index (χ3v) is 5.54. The second-order valence-electron chi connectivity index (χ2n) is 7.90. The smallest absolute Gasteiger partial charge is 0.251 e. The number of amides is 1. The molecule has 4 rings (SSSR count). The van der Waals surface area contributed by atoms with Crippen LogP contribution in [-0.4, -0.2) is 24.3 Å². The maximum absolute atomic E-state index is 12.5. The molecule has 1 atom stereocenters. The van der Waals surface area contributed by atoms with Crippen LogP contribution in [-0.2, 0) is 6.42 Å². The minimum atomic E-state index is -0.104. The van der Waals surface area contributed by atoms with E-state index in [9.17, 15) is 9.59 Å². The Balaban J connectivity index is 1.45. The first-order chi connectivity index (χ1) is 14.4. The molecule has 0 saturated heterocycles. The Morgan fingerprint density at radius 1 is 1.00 bits per heavy atom. The average molecular weight is 399 g/mol. The summed E-state index contributed by atoms with van der Waals surface area (Å²) in [6.45, 7) is 6.00. The Morgan fingerprint density at radius 2 is 1.80 bits per heavy atom. The molecule has 3 aromatic rings. The molecule has 0 aromatic heterocycles. The minimum absolute atomic E-state index is 0.0503. The zero-order valence-corrected chi connectivity index (χ0v) is 17.5. The number of nitrogens with one attached hydrogen (secondary N) is 1. The molecule has 1 aliphatic rings. The van der Waals surface area contributed by atoms with Crippen LogP contribution in [0.25, 0.3) is 11.1 Å². The van der Waals surface area contributed by atoms with E-state index in [0.717, 1.165) is 40.0 Å². The first-order valence-electron chi connectivity index (χ1n) is 10.2. The van der Waals surface area contributed by atoms with Crippen molar-refractivity contribution in [2.45, 2.75) is 33.3 Å². The summed E-state index contributed by atoms with van der Waals surface area (Å²) < 4.78 is 6.03. The predicted molar refractivity (Wildman–Crippen MR) is 118 cm³/mol. The second-order valence-corrected chi connectivity index (χ2v) is 7.90. The van der Waals surface area contributed by atoms with E-state index in [1.165, 1.54) is 0 Å². The van der Waals surface area contributed by atoms with Crippen LogP contribution in [0.5, 0.6) is 5.75 Å². The maximum atomic E-state index is 12.5. The van der Waals surface area contributed by atoms with Crippen LogP contribution in [0, 0.1) is 13.8 Å². The van der Waals surface area contributed by atoms with Crippen LogP contribution < -0.4 is 10.1 Å². The minimum Gasteiger partial charge on any atom is -0.488 e. The topological polar surface area (TPSA) is 55.4 Å². The van der Waals surface area contributed by atoms with E-state index in [1.54, 1.807) is 6.92 Å². The number of hydrogen-bond donors (Lipinski definition) is 1. The molecule has 30 heavy (non-hydrogen) atoms. The van der Waals surface area contributed by atoms with E-state index in [4.69, 9.17) is 4.74 Å². The molecule has 4 nitrogen and oxygen atoms in total. The quantitative estimate of drug-likeness (QED) is 0.621. The third-order valence-electron chi connectivity index (χ3n) is 5.54. The molecule has 0 radical (unpaired) electrons. The molecule has 152 valence electrons. The van der Waals surface area contributed by atoms with Crippen molar-refractivity contribution >= 4 is 11.7 Å². The molecule has 0 aliphatic carbocycles. The molecule has 0 bridgehead atoms. The number of carbonyl (C=O) groups is 2. The van der Waals surface area contributed by atoms with Crippen molar-refractivity contribution in [3.05, 3.63) is 88.5 Å². The van der Waals surface area contributed by atoms with Gasteiger partial charge in [-0.05, 0) is 61.2 Å². The fourth-order valence-corrected chi connectivity index (χ4v) is 4.01. The van der Waals surface area contributed by atoms with Crippen LogP contribution in [0.4, 0.5) is 0 Å². The zero-order chi connectivity index (χ0) is 21.3. The number of ketones is 1. The Labute approximate surface area is 176 Å². The molecular formula is C26H25NO3. The predicted octanol–water partition coefficient (Wildman–Crippen LogP) is 4.91. The molecule has 0 spiro atoms. The van der Waals surface area contributed by atoms with Crippen molar-refractivity contribution in [3.63, 3.8) is 0 Å². The first kappa shape index (κ1) is 19.9. The van der Waals surface area contributed by atoms with E-state index < -0.39 is 0 Å². The Morgan fingerprint density at radius 3 is 2.57 bits per heavy atom. The molecule has 4 heteroatoms. The lowest BCUT2D eigenvalue weighted by molar-refractivity contribution is 0.0932. The van der Waals surface area contributed by atoms with Crippen molar-refractivity contribution in [3.8, 4) is 16.9 Å². The summed E-state index contributed by atoms with van der Waals surface area (Å²) in [4.78, 5) is 24.5. The van der Waals surface area contributed by atoms with Crippen molar-refractivity contribution in [1.29, 1.82) is 0 Å². The largest absolute Gasteiger partial charge is 0.488 e. The molecular weight excluding hydrogens is 374 g/mol. The van der Waals surface area contributed by atoms with Gasteiger partial charge in [-0.25, -0.2) is 0 Å². The van der Waals surface area contributed by atoms with E-state index in [0.29, 0.717) is 17.7 Å². The number of Topliss-reactive ketones (excluding diaryl/α,β-unsaturated/α-hetero) is 1. The van der Waals surface area contributed by atoms with Gasteiger partial charge >= 0.3 is 0 Å². The van der Waals surface area contributed by atoms with E-state index in [2.05, 4.69) is 11.4 Å². The summed E-state index contributed by atoms with van der Waals surface area (Å²) in [5.41, 5.74) is 6.55. The van der Waals surface area contributed by atoms with Gasteiger partial charge in [0.15, 0.2) is 5.78 Å². The molecule has 1 N–H and O–H groups in total. The van der Waals surface area contributed by atoms with Crippen LogP contribution in [0.15, 0.2) is 60.7 Å². The Bertz CT molecular complexity index is 1130. The van der Waals surface area contributed by atoms with Gasteiger partial charge in [0, 0.05) is 17.5 Å². The highest BCUT2D eigenvalue weighted by Gasteiger charge is 2.24. The SMILES string of the molecule is CC(=O)c1ccccc1-c1ccc2c(c1)CC(CNC(=O)c1ccc(C)cc1C)O2. The van der Waals surface area contributed by atoms with Crippen molar-refractivity contribution in [2.75, 3.05) is 6.54 Å². The van der Waals surface area contributed by atoms with Crippen molar-refractivity contribution in [2.24, 2.45) is 0 Å². The summed E-state index contributed by atoms with van der Waals surface area (Å²) in [7, 11) is 0. The van der Waals surface area contributed by atoms with Gasteiger partial charge < -0.3 is 10.1 Å². The zero-order valence-electron chi connectivity index (χ0n) is 17.5. The van der Waals surface area contributed by atoms with Crippen LogP contribution in [0.3, 0.4) is 0 Å². The highest BCUT2D eigenvalue weighted by molar-refractivity contribution is 6.00. The van der Waals surface area contributed by atoms with Gasteiger partial charge in [0.1, 0.15) is 11.9 Å². The lowest BCUT2D eigenvalue weighted by atomic mass is 9.95. The molecule has 0 saturated carbocycles. The number of aryl methyl sites for hydroxylation is 2. The van der Waals surface area contributed by atoms with Gasteiger partial charge in [0.25, 0.3) is 5.91 Å². The summed E-state index contributed by atoms with van der Waals surface area (Å²) in [6, 6.07) is 19.5. The monoisotopic (exact) mass is 399 g/mol. The Kier molecular flexibility index (Phi) is 5.40. The number of benzene rings is 3. The van der Waals surface area contributed by atoms with Crippen molar-refractivity contribution in [1.82, 2.24) is 5.32 Å². The van der Waals surface area contributed by atoms with E-state index >= 15 is 0 Å². The summed E-state index contributed by atoms with van der Waals surface area (Å²) >= 11 is 0. The van der Waals surface area contributed by atoms with Gasteiger partial charge in [0.05, 0.1) is 6.54 Å². The lowest BCUT2D eigenvalue weighted by Gasteiger charge is -2.13. The molecule has 3 aromatic carbocycles. The number of fused-ring (bicyclic) bond motifs is 1. The maximum Gasteiger partial charge on any atom is 0.251 e. The molecule has 1 amide bonds. The lowest BCUT2D eigenvalue weighted by Crippen LogP contribution is -2.34. The summed E-state index contributed by atoms with van der Waals surface area (Å²) in [5, 5.41) is 3.00. The number of carbonyl (C=O) groups excluding carboxylic acids is 2. The molecule has 0 fully saturated rings. The van der Waals surface area contributed by atoms with Crippen LogP contribution >= 0.6 is 0 Å². The highest BCUT2D eigenvalue weighted by atomic mass is 16.5. The van der Waals surface area contributed by atoms with E-state index in [-0.39, 0.29) is 17.8 Å². The van der Waals surface area contributed by atoms with E-state index in [1.807, 2.05) is 68.4 Å². The third kappa shape index (κ3) is 3.99. The fourth-order valence-electron chi connectivity index (χ4n) is 4.01. The number of rotatable bonds is 5. The summed E-state index contributed by atoms with van der Waals surface area (Å²) in [5.74, 6) is 0.808. The normalized spacial score (nSPS) is 14.7. The van der Waals surface area contributed by atoms with Gasteiger partial charge in [-0.3, -0.25) is 9.59 Å². The molecule has 1 unspecified atom stereocenters. The Hall–Kier alpha value is -3.40. The van der Waals surface area contributed by atoms with Crippen molar-refractivity contribution < 1.29 is 14.3 Å². The van der Waals surface area contributed by atoms with Gasteiger partial charge in [0.2, 0.25) is 0 Å². The van der Waals surface area contributed by atoms with Gasteiger partial charge in [-0.1, -0.05) is 48.0 Å². The molecule has 1 heterocycles. The number of ether oxygens (including phenoxy) is 1. The fraction of sp³-hybridized carbons (Fsp3) is 0.231. The van der Waals surface area contributed by atoms with Crippen LogP contribution in [0.1, 0.15) is 44.3 Å². The second kappa shape index (κ2) is 8.15. The van der Waals surface area contributed by atoms with Gasteiger partial charge in [-0.2, -0.15) is 0 Å². The van der Waals surface area contributed by atoms with Crippen LogP contribution in [0.2, 0.25) is 0 Å². The highest BCUT2D eigenvalue weighted by Crippen LogP contribution is 2.34. The standard InChI is InChI=1S/C26H25NO3/c1-16-8-10-22(17(2)12-16)26(29)27-15-21-14-20-13-19(9-11-25(20)30-21)24-7-5-4-6-23(24)18(3)28/h4-13,21H,14-15H2,1-3H3,(H,27,29). The first-order valence-corrected chi connectivity index (χ1v) is 10.2. The number of hydrogen-bond acceptors (Lipinski definition) is 3. The summed E-state index contributed by atoms with van der Waals surface area (Å²) in [6.07, 6.45) is 0.617. The van der Waals surface area contributed by atoms with Gasteiger partial charge in [-0.15, -0.1) is 0 Å².